The number of carbonyl (C=O) groups excluding carboxylic acids is 1. The molecule has 0 saturated carbocycles. The first-order valence-electron chi connectivity index (χ1n) is 6.39. The summed E-state index contributed by atoms with van der Waals surface area (Å²) in [6, 6.07) is 12.2. The van der Waals surface area contributed by atoms with Gasteiger partial charge < -0.3 is 10.7 Å². The van der Waals surface area contributed by atoms with Crippen molar-refractivity contribution in [2.45, 2.75) is 6.42 Å². The van der Waals surface area contributed by atoms with Gasteiger partial charge in [0.25, 0.3) is 5.91 Å². The van der Waals surface area contributed by atoms with Gasteiger partial charge in [0.2, 0.25) is 0 Å². The highest BCUT2D eigenvalue weighted by molar-refractivity contribution is 6.35. The molecule has 0 aliphatic heterocycles. The molecule has 0 heterocycles. The number of nitrogens with one attached hydrogen (secondary N) is 2. The Balaban J connectivity index is 1.88. The summed E-state index contributed by atoms with van der Waals surface area (Å²) in [5.74, 6) is 5.14. The van der Waals surface area contributed by atoms with Crippen LogP contribution in [0.25, 0.3) is 0 Å². The smallest absolute Gasteiger partial charge is 0.251 e. The SMILES string of the molecule is NNc1ccc(C(=O)NCCc2ccc(Cl)cc2Cl)cc1. The summed E-state index contributed by atoms with van der Waals surface area (Å²) in [5, 5.41) is 4.05. The number of halogens is 2. The van der Waals surface area contributed by atoms with Crippen molar-refractivity contribution in [2.75, 3.05) is 12.0 Å². The first kappa shape index (κ1) is 15.6. The molecule has 2 aromatic carbocycles. The number of anilines is 1. The maximum absolute atomic E-state index is 12.0. The largest absolute Gasteiger partial charge is 0.352 e. The summed E-state index contributed by atoms with van der Waals surface area (Å²) in [6.45, 7) is 0.497. The normalized spacial score (nSPS) is 10.2. The van der Waals surface area contributed by atoms with Crippen LogP contribution in [0.5, 0.6) is 0 Å². The van der Waals surface area contributed by atoms with Crippen LogP contribution in [0.15, 0.2) is 42.5 Å². The molecule has 4 N–H and O–H groups in total. The number of hydrogen-bond donors (Lipinski definition) is 3. The maximum atomic E-state index is 12.0. The Kier molecular flexibility index (Phi) is 5.44. The van der Waals surface area contributed by atoms with E-state index < -0.39 is 0 Å². The van der Waals surface area contributed by atoms with Crippen molar-refractivity contribution in [3.63, 3.8) is 0 Å². The molecule has 0 fully saturated rings. The van der Waals surface area contributed by atoms with Gasteiger partial charge in [-0.25, -0.2) is 0 Å². The molecule has 0 radical (unpaired) electrons. The molecule has 0 atom stereocenters. The number of nitrogen functional groups attached to an aromatic ring is 1. The first-order chi connectivity index (χ1) is 10.1. The highest BCUT2D eigenvalue weighted by Crippen LogP contribution is 2.21. The van der Waals surface area contributed by atoms with Crippen molar-refractivity contribution < 1.29 is 4.79 Å². The van der Waals surface area contributed by atoms with Crippen LogP contribution >= 0.6 is 23.2 Å². The van der Waals surface area contributed by atoms with Gasteiger partial charge >= 0.3 is 0 Å². The topological polar surface area (TPSA) is 67.1 Å². The predicted octanol–water partition coefficient (Wildman–Crippen LogP) is 3.25. The minimum absolute atomic E-state index is 0.136. The van der Waals surface area contributed by atoms with E-state index in [9.17, 15) is 4.79 Å². The van der Waals surface area contributed by atoms with Gasteiger partial charge in [-0.2, -0.15) is 0 Å². The maximum Gasteiger partial charge on any atom is 0.251 e. The number of hydrazine groups is 1. The molecule has 0 saturated heterocycles. The third kappa shape index (κ3) is 4.36. The Labute approximate surface area is 133 Å². The lowest BCUT2D eigenvalue weighted by Gasteiger charge is -2.08. The summed E-state index contributed by atoms with van der Waals surface area (Å²) in [6.07, 6.45) is 0.643. The molecular formula is C15H15Cl2N3O. The third-order valence-electron chi connectivity index (χ3n) is 3.01. The quantitative estimate of drug-likeness (QED) is 0.584. The first-order valence-corrected chi connectivity index (χ1v) is 7.14. The number of rotatable bonds is 5. The van der Waals surface area contributed by atoms with Crippen molar-refractivity contribution in [3.8, 4) is 0 Å². The van der Waals surface area contributed by atoms with E-state index in [1.54, 1.807) is 36.4 Å². The van der Waals surface area contributed by atoms with Gasteiger partial charge in [0.1, 0.15) is 0 Å². The molecule has 0 bridgehead atoms. The Morgan fingerprint density at radius 3 is 2.43 bits per heavy atom. The standard InChI is InChI=1S/C15H15Cl2N3O/c16-12-4-1-10(14(17)9-12)7-8-19-15(21)11-2-5-13(20-18)6-3-11/h1-6,9,20H,7-8,18H2,(H,19,21). The molecule has 2 rings (SSSR count). The van der Waals surface area contributed by atoms with Crippen molar-refractivity contribution in [1.82, 2.24) is 5.32 Å². The van der Waals surface area contributed by atoms with Crippen LogP contribution in [-0.4, -0.2) is 12.5 Å². The van der Waals surface area contributed by atoms with Crippen LogP contribution in [0.3, 0.4) is 0 Å². The number of carbonyl (C=O) groups is 1. The van der Waals surface area contributed by atoms with Gasteiger partial charge in [-0.1, -0.05) is 29.3 Å². The molecule has 1 amide bonds. The molecule has 0 aliphatic carbocycles. The fraction of sp³-hybridized carbons (Fsp3) is 0.133. The van der Waals surface area contributed by atoms with Crippen LogP contribution < -0.4 is 16.6 Å². The molecule has 6 heteroatoms. The Morgan fingerprint density at radius 1 is 1.10 bits per heavy atom. The van der Waals surface area contributed by atoms with Gasteiger partial charge in [-0.3, -0.25) is 10.6 Å². The molecule has 21 heavy (non-hydrogen) atoms. The molecule has 4 nitrogen and oxygen atoms in total. The van der Waals surface area contributed by atoms with E-state index in [0.717, 1.165) is 11.3 Å². The number of amides is 1. The van der Waals surface area contributed by atoms with E-state index >= 15 is 0 Å². The van der Waals surface area contributed by atoms with E-state index in [2.05, 4.69) is 10.7 Å². The average molecular weight is 324 g/mol. The molecule has 0 unspecified atom stereocenters. The lowest BCUT2D eigenvalue weighted by atomic mass is 10.1. The van der Waals surface area contributed by atoms with E-state index in [1.165, 1.54) is 0 Å². The van der Waals surface area contributed by atoms with Gasteiger partial charge in [-0.05, 0) is 48.4 Å². The van der Waals surface area contributed by atoms with Crippen LogP contribution in [0.4, 0.5) is 5.69 Å². The number of nitrogens with two attached hydrogens (primary N) is 1. The Hall–Kier alpha value is -1.75. The lowest BCUT2D eigenvalue weighted by Crippen LogP contribution is -2.25. The summed E-state index contributed by atoms with van der Waals surface area (Å²) >= 11 is 11.9. The monoisotopic (exact) mass is 323 g/mol. The van der Waals surface area contributed by atoms with Gasteiger partial charge in [0, 0.05) is 27.8 Å². The molecular weight excluding hydrogens is 309 g/mol. The predicted molar refractivity (Wildman–Crippen MR) is 86.8 cm³/mol. The van der Waals surface area contributed by atoms with Gasteiger partial charge in [0.15, 0.2) is 0 Å². The van der Waals surface area contributed by atoms with Gasteiger partial charge in [-0.15, -0.1) is 0 Å². The zero-order chi connectivity index (χ0) is 15.2. The second kappa shape index (κ2) is 7.31. The summed E-state index contributed by atoms with van der Waals surface area (Å²) < 4.78 is 0. The van der Waals surface area contributed by atoms with Crippen LogP contribution in [0.2, 0.25) is 10.0 Å². The average Bonchev–Trinajstić information content (AvgIpc) is 2.49. The van der Waals surface area contributed by atoms with Gasteiger partial charge in [0.05, 0.1) is 0 Å². The number of benzene rings is 2. The molecule has 0 aliphatic rings. The van der Waals surface area contributed by atoms with Crippen molar-refractivity contribution in [2.24, 2.45) is 5.84 Å². The highest BCUT2D eigenvalue weighted by Gasteiger charge is 2.06. The minimum atomic E-state index is -0.136. The van der Waals surface area contributed by atoms with E-state index in [-0.39, 0.29) is 5.91 Å². The number of hydrogen-bond acceptors (Lipinski definition) is 3. The van der Waals surface area contributed by atoms with Crippen LogP contribution in [0.1, 0.15) is 15.9 Å². The van der Waals surface area contributed by atoms with Crippen LogP contribution in [-0.2, 0) is 6.42 Å². The highest BCUT2D eigenvalue weighted by atomic mass is 35.5. The molecule has 0 aromatic heterocycles. The fourth-order valence-corrected chi connectivity index (χ4v) is 2.36. The third-order valence-corrected chi connectivity index (χ3v) is 3.60. The Bertz CT molecular complexity index is 629. The van der Waals surface area contributed by atoms with Crippen molar-refractivity contribution in [3.05, 3.63) is 63.6 Å². The summed E-state index contributed by atoms with van der Waals surface area (Å²) in [7, 11) is 0. The zero-order valence-electron chi connectivity index (χ0n) is 11.2. The molecule has 110 valence electrons. The molecule has 2 aromatic rings. The van der Waals surface area contributed by atoms with E-state index in [4.69, 9.17) is 29.0 Å². The minimum Gasteiger partial charge on any atom is -0.352 e. The van der Waals surface area contributed by atoms with E-state index in [1.807, 2.05) is 6.07 Å². The Morgan fingerprint density at radius 2 is 1.81 bits per heavy atom. The second-order valence-electron chi connectivity index (χ2n) is 4.46. The zero-order valence-corrected chi connectivity index (χ0v) is 12.7. The van der Waals surface area contributed by atoms with Crippen LogP contribution in [0, 0.1) is 0 Å². The van der Waals surface area contributed by atoms with Crippen molar-refractivity contribution in [1.29, 1.82) is 0 Å². The second-order valence-corrected chi connectivity index (χ2v) is 5.31. The lowest BCUT2D eigenvalue weighted by molar-refractivity contribution is 0.0954. The summed E-state index contributed by atoms with van der Waals surface area (Å²) in [5.41, 5.74) is 4.79. The summed E-state index contributed by atoms with van der Waals surface area (Å²) in [4.78, 5) is 12.0. The fourth-order valence-electron chi connectivity index (χ4n) is 1.86. The van der Waals surface area contributed by atoms with Crippen molar-refractivity contribution >= 4 is 34.8 Å². The molecule has 0 spiro atoms. The van der Waals surface area contributed by atoms with E-state index in [0.29, 0.717) is 28.6 Å².